The molecule has 2 saturated heterocycles. The average Bonchev–Trinajstić information content (AvgIpc) is 3.02. The van der Waals surface area contributed by atoms with Crippen LogP contribution < -0.4 is 5.69 Å². The van der Waals surface area contributed by atoms with Crippen LogP contribution in [0.4, 0.5) is 0 Å². The number of amides is 1. The van der Waals surface area contributed by atoms with Crippen molar-refractivity contribution in [1.82, 2.24) is 24.6 Å². The third-order valence-electron chi connectivity index (χ3n) is 6.15. The second kappa shape index (κ2) is 8.84. The Morgan fingerprint density at radius 3 is 2.62 bits per heavy atom. The van der Waals surface area contributed by atoms with Gasteiger partial charge < -0.3 is 4.90 Å². The summed E-state index contributed by atoms with van der Waals surface area (Å²) < 4.78 is 1.71. The summed E-state index contributed by atoms with van der Waals surface area (Å²) in [5.74, 6) is 1.63. The first-order chi connectivity index (χ1) is 12.6. The normalized spacial score (nSPS) is 22.7. The van der Waals surface area contributed by atoms with Crippen LogP contribution in [-0.2, 0) is 17.8 Å². The highest BCUT2D eigenvalue weighted by Gasteiger charge is 2.28. The van der Waals surface area contributed by atoms with E-state index in [-0.39, 0.29) is 11.6 Å². The van der Waals surface area contributed by atoms with Gasteiger partial charge in [0.1, 0.15) is 5.82 Å². The summed E-state index contributed by atoms with van der Waals surface area (Å²) in [5.41, 5.74) is -0.123. The topological polar surface area (TPSA) is 74.2 Å². The lowest BCUT2D eigenvalue weighted by molar-refractivity contribution is -0.134. The molecule has 1 aromatic heterocycles. The summed E-state index contributed by atoms with van der Waals surface area (Å²) in [6.07, 6.45) is 7.69. The van der Waals surface area contributed by atoms with Gasteiger partial charge in [-0.1, -0.05) is 13.3 Å². The van der Waals surface area contributed by atoms with Crippen LogP contribution in [0.1, 0.15) is 58.2 Å². The maximum atomic E-state index is 12.7. The average molecular weight is 364 g/mol. The highest BCUT2D eigenvalue weighted by Crippen LogP contribution is 2.23. The molecular weight excluding hydrogens is 330 g/mol. The molecule has 1 amide bonds. The first kappa shape index (κ1) is 19.1. The lowest BCUT2D eigenvalue weighted by atomic mass is 9.93. The minimum atomic E-state index is -0.123. The summed E-state index contributed by atoms with van der Waals surface area (Å²) >= 11 is 0. The molecule has 0 spiro atoms. The lowest BCUT2D eigenvalue weighted by Crippen LogP contribution is -2.48. The van der Waals surface area contributed by atoms with Gasteiger partial charge in [0.05, 0.1) is 6.54 Å². The molecule has 0 aliphatic carbocycles. The van der Waals surface area contributed by atoms with Crippen LogP contribution in [0.15, 0.2) is 4.79 Å². The number of nitrogens with zero attached hydrogens (tertiary/aromatic N) is 4. The molecule has 2 fully saturated rings. The van der Waals surface area contributed by atoms with Gasteiger partial charge in [-0.25, -0.2) is 9.89 Å². The number of hydrogen-bond donors (Lipinski definition) is 1. The van der Waals surface area contributed by atoms with Crippen molar-refractivity contribution in [2.75, 3.05) is 26.2 Å². The quantitative estimate of drug-likeness (QED) is 0.834. The molecule has 0 saturated carbocycles. The molecule has 1 atom stereocenters. The predicted octanol–water partition coefficient (Wildman–Crippen LogP) is 1.64. The van der Waals surface area contributed by atoms with E-state index >= 15 is 0 Å². The minimum absolute atomic E-state index is 0.123. The third kappa shape index (κ3) is 4.37. The third-order valence-corrected chi connectivity index (χ3v) is 6.15. The number of nitrogens with one attached hydrogen (secondary N) is 1. The van der Waals surface area contributed by atoms with Crippen molar-refractivity contribution in [2.45, 2.75) is 71.4 Å². The van der Waals surface area contributed by atoms with Crippen LogP contribution in [0.3, 0.4) is 0 Å². The number of aromatic nitrogens is 3. The highest BCUT2D eigenvalue weighted by molar-refractivity contribution is 5.78. The van der Waals surface area contributed by atoms with E-state index in [1.807, 2.05) is 11.8 Å². The number of carbonyl (C=O) groups excluding carboxylic acids is 1. The molecule has 146 valence electrons. The molecule has 2 aliphatic heterocycles. The van der Waals surface area contributed by atoms with Crippen molar-refractivity contribution in [3.05, 3.63) is 16.3 Å². The maximum absolute atomic E-state index is 12.7. The van der Waals surface area contributed by atoms with E-state index in [0.29, 0.717) is 25.0 Å². The number of hydrogen-bond acceptors (Lipinski definition) is 4. The van der Waals surface area contributed by atoms with Gasteiger partial charge >= 0.3 is 5.69 Å². The Bertz CT molecular complexity index is 645. The van der Waals surface area contributed by atoms with Gasteiger partial charge in [-0.15, -0.1) is 0 Å². The fourth-order valence-corrected chi connectivity index (χ4v) is 4.48. The van der Waals surface area contributed by atoms with E-state index in [1.165, 1.54) is 19.3 Å². The van der Waals surface area contributed by atoms with E-state index in [2.05, 4.69) is 22.0 Å². The molecule has 3 heterocycles. The van der Waals surface area contributed by atoms with Gasteiger partial charge in [0.25, 0.3) is 0 Å². The van der Waals surface area contributed by atoms with Crippen LogP contribution in [0.25, 0.3) is 0 Å². The smallest absolute Gasteiger partial charge is 0.342 e. The van der Waals surface area contributed by atoms with E-state index in [4.69, 9.17) is 0 Å². The van der Waals surface area contributed by atoms with Crippen LogP contribution in [0, 0.1) is 5.92 Å². The fraction of sp³-hybridized carbons (Fsp3) is 0.842. The largest absolute Gasteiger partial charge is 0.343 e. The summed E-state index contributed by atoms with van der Waals surface area (Å²) in [6, 6.07) is 0.579. The Balaban J connectivity index is 1.48. The molecule has 1 unspecified atom stereocenters. The standard InChI is InChI=1S/C19H33N5O2/c1-3-16-7-5-6-10-23(16)14-18(25)22-11-8-15(9-12-22)13-17-20-21-19(26)24(17)4-2/h15-16H,3-14H2,1-2H3,(H,21,26). The molecular formula is C19H33N5O2. The van der Waals surface area contributed by atoms with Gasteiger partial charge in [0.15, 0.2) is 0 Å². The number of H-pyrrole nitrogens is 1. The Hall–Kier alpha value is -1.63. The molecule has 1 N–H and O–H groups in total. The second-order valence-electron chi connectivity index (χ2n) is 7.75. The zero-order valence-electron chi connectivity index (χ0n) is 16.2. The molecule has 0 radical (unpaired) electrons. The van der Waals surface area contributed by atoms with Crippen LogP contribution in [0.5, 0.6) is 0 Å². The Labute approximate surface area is 155 Å². The Morgan fingerprint density at radius 2 is 1.92 bits per heavy atom. The van der Waals surface area contributed by atoms with Crippen molar-refractivity contribution in [3.63, 3.8) is 0 Å². The van der Waals surface area contributed by atoms with Gasteiger partial charge in [-0.2, -0.15) is 5.10 Å². The summed E-state index contributed by atoms with van der Waals surface area (Å²) in [5, 5.41) is 6.72. The molecule has 3 rings (SSSR count). The summed E-state index contributed by atoms with van der Waals surface area (Å²) in [6.45, 7) is 8.14. The second-order valence-corrected chi connectivity index (χ2v) is 7.75. The SMILES string of the molecule is CCC1CCCCN1CC(=O)N1CCC(Cc2n[nH]c(=O)n2CC)CC1. The minimum Gasteiger partial charge on any atom is -0.342 e. The van der Waals surface area contributed by atoms with Crippen LogP contribution in [-0.4, -0.2) is 62.7 Å². The zero-order valence-corrected chi connectivity index (χ0v) is 16.2. The molecule has 7 nitrogen and oxygen atoms in total. The first-order valence-electron chi connectivity index (χ1n) is 10.3. The monoisotopic (exact) mass is 363 g/mol. The first-order valence-corrected chi connectivity index (χ1v) is 10.3. The van der Waals surface area contributed by atoms with E-state index in [0.717, 1.165) is 51.1 Å². The number of likely N-dealkylation sites (tertiary alicyclic amines) is 2. The molecule has 2 aliphatic rings. The highest BCUT2D eigenvalue weighted by atomic mass is 16.2. The van der Waals surface area contributed by atoms with Gasteiger partial charge in [-0.3, -0.25) is 14.3 Å². The Morgan fingerprint density at radius 1 is 1.15 bits per heavy atom. The number of carbonyl (C=O) groups is 1. The van der Waals surface area contributed by atoms with E-state index < -0.39 is 0 Å². The maximum Gasteiger partial charge on any atom is 0.343 e. The summed E-state index contributed by atoms with van der Waals surface area (Å²) in [4.78, 5) is 28.8. The molecule has 7 heteroatoms. The molecule has 0 aromatic carbocycles. The van der Waals surface area contributed by atoms with Crippen molar-refractivity contribution < 1.29 is 4.79 Å². The van der Waals surface area contributed by atoms with Crippen molar-refractivity contribution in [1.29, 1.82) is 0 Å². The van der Waals surface area contributed by atoms with Gasteiger partial charge in [-0.05, 0) is 51.5 Å². The predicted molar refractivity (Wildman–Crippen MR) is 101 cm³/mol. The van der Waals surface area contributed by atoms with Crippen LogP contribution >= 0.6 is 0 Å². The van der Waals surface area contributed by atoms with Crippen molar-refractivity contribution >= 4 is 5.91 Å². The number of rotatable bonds is 6. The molecule has 0 bridgehead atoms. The van der Waals surface area contributed by atoms with Gasteiger partial charge in [0.2, 0.25) is 5.91 Å². The molecule has 26 heavy (non-hydrogen) atoms. The number of aromatic amines is 1. The fourth-order valence-electron chi connectivity index (χ4n) is 4.48. The zero-order chi connectivity index (χ0) is 18.5. The van der Waals surface area contributed by atoms with E-state index in [1.54, 1.807) is 4.57 Å². The van der Waals surface area contributed by atoms with Crippen molar-refractivity contribution in [3.8, 4) is 0 Å². The summed E-state index contributed by atoms with van der Waals surface area (Å²) in [7, 11) is 0. The number of piperidine rings is 2. The van der Waals surface area contributed by atoms with Crippen LogP contribution in [0.2, 0.25) is 0 Å². The molecule has 1 aromatic rings. The lowest BCUT2D eigenvalue weighted by Gasteiger charge is -2.37. The van der Waals surface area contributed by atoms with Gasteiger partial charge in [0, 0.05) is 32.1 Å². The Kier molecular flexibility index (Phi) is 6.51. The van der Waals surface area contributed by atoms with Crippen molar-refractivity contribution in [2.24, 2.45) is 5.92 Å². The van der Waals surface area contributed by atoms with E-state index in [9.17, 15) is 9.59 Å².